The molecule has 1 saturated heterocycles. The molecular weight excluding hydrogens is 277 g/mol. The van der Waals surface area contributed by atoms with Crippen molar-refractivity contribution < 1.29 is 27.9 Å². The molecule has 1 atom stereocenters. The summed E-state index contributed by atoms with van der Waals surface area (Å²) in [6.07, 6.45) is -3.58. The first-order valence-electron chi connectivity index (χ1n) is 6.47. The van der Waals surface area contributed by atoms with E-state index < -0.39 is 36.8 Å². The first-order valence-corrected chi connectivity index (χ1v) is 6.47. The van der Waals surface area contributed by atoms with Gasteiger partial charge in [0.25, 0.3) is 0 Å². The van der Waals surface area contributed by atoms with Gasteiger partial charge in [0.2, 0.25) is 0 Å². The lowest BCUT2D eigenvalue weighted by molar-refractivity contribution is -0.145. The summed E-state index contributed by atoms with van der Waals surface area (Å²) in [7, 11) is 0. The van der Waals surface area contributed by atoms with E-state index in [2.05, 4.69) is 0 Å². The highest BCUT2D eigenvalue weighted by atomic mass is 19.4. The van der Waals surface area contributed by atoms with Gasteiger partial charge in [0.15, 0.2) is 0 Å². The van der Waals surface area contributed by atoms with E-state index in [9.17, 15) is 22.8 Å². The largest absolute Gasteiger partial charge is 0.481 e. The zero-order valence-corrected chi connectivity index (χ0v) is 11.5. The Hall–Kier alpha value is -1.47. The van der Waals surface area contributed by atoms with Gasteiger partial charge in [-0.15, -0.1) is 0 Å². The summed E-state index contributed by atoms with van der Waals surface area (Å²) in [5.74, 6) is -1.05. The van der Waals surface area contributed by atoms with Crippen molar-refractivity contribution in [1.29, 1.82) is 0 Å². The van der Waals surface area contributed by atoms with Crippen LogP contribution >= 0.6 is 0 Å². The van der Waals surface area contributed by atoms with Crippen molar-refractivity contribution in [2.24, 2.45) is 0 Å². The van der Waals surface area contributed by atoms with Gasteiger partial charge in [-0.3, -0.25) is 4.79 Å². The van der Waals surface area contributed by atoms with Crippen molar-refractivity contribution in [3.63, 3.8) is 0 Å². The minimum atomic E-state index is -4.47. The van der Waals surface area contributed by atoms with Crippen LogP contribution in [0.1, 0.15) is 33.1 Å². The first kappa shape index (κ1) is 16.6. The van der Waals surface area contributed by atoms with Crippen molar-refractivity contribution in [3.05, 3.63) is 0 Å². The van der Waals surface area contributed by atoms with E-state index in [0.29, 0.717) is 19.4 Å². The number of carbonyl (C=O) groups is 2. The number of carboxylic acid groups (broad SMARTS) is 1. The SMILES string of the molecule is CC(C)N(CC(F)(F)F)C(=O)N1CCCC1CC(=O)O. The maximum absolute atomic E-state index is 12.5. The minimum Gasteiger partial charge on any atom is -0.481 e. The number of carbonyl (C=O) groups excluding carboxylic acids is 1. The van der Waals surface area contributed by atoms with Gasteiger partial charge in [0, 0.05) is 18.6 Å². The van der Waals surface area contributed by atoms with E-state index in [1.54, 1.807) is 0 Å². The van der Waals surface area contributed by atoms with E-state index in [0.717, 1.165) is 4.90 Å². The number of nitrogens with zero attached hydrogens (tertiary/aromatic N) is 2. The summed E-state index contributed by atoms with van der Waals surface area (Å²) in [5, 5.41) is 8.78. The number of amides is 2. The average molecular weight is 296 g/mol. The Balaban J connectivity index is 2.80. The normalized spacial score (nSPS) is 19.5. The molecule has 5 nitrogen and oxygen atoms in total. The zero-order valence-electron chi connectivity index (χ0n) is 11.5. The molecule has 1 aliphatic heterocycles. The van der Waals surface area contributed by atoms with Gasteiger partial charge in [0.05, 0.1) is 6.42 Å². The molecule has 0 bridgehead atoms. The van der Waals surface area contributed by atoms with Crippen molar-refractivity contribution in [2.75, 3.05) is 13.1 Å². The summed E-state index contributed by atoms with van der Waals surface area (Å²) in [6, 6.07) is -1.86. The molecule has 8 heteroatoms. The molecule has 1 rings (SSSR count). The highest BCUT2D eigenvalue weighted by molar-refractivity contribution is 5.77. The van der Waals surface area contributed by atoms with Crippen molar-refractivity contribution in [2.45, 2.75) is 51.4 Å². The summed E-state index contributed by atoms with van der Waals surface area (Å²) in [6.45, 7) is 2.00. The van der Waals surface area contributed by atoms with Gasteiger partial charge in [-0.2, -0.15) is 13.2 Å². The van der Waals surface area contributed by atoms with Gasteiger partial charge in [-0.1, -0.05) is 0 Å². The van der Waals surface area contributed by atoms with E-state index in [4.69, 9.17) is 5.11 Å². The molecule has 0 saturated carbocycles. The number of alkyl halides is 3. The quantitative estimate of drug-likeness (QED) is 0.866. The number of aliphatic carboxylic acids is 1. The van der Waals surface area contributed by atoms with E-state index >= 15 is 0 Å². The molecule has 1 aliphatic rings. The van der Waals surface area contributed by atoms with Gasteiger partial charge in [-0.25, -0.2) is 4.79 Å². The smallest absolute Gasteiger partial charge is 0.406 e. The van der Waals surface area contributed by atoms with Crippen LogP contribution < -0.4 is 0 Å². The first-order chi connectivity index (χ1) is 9.11. The lowest BCUT2D eigenvalue weighted by Crippen LogP contribution is -2.51. The Morgan fingerprint density at radius 1 is 1.40 bits per heavy atom. The molecule has 2 amide bonds. The van der Waals surface area contributed by atoms with Crippen LogP contribution in [0.5, 0.6) is 0 Å². The maximum Gasteiger partial charge on any atom is 0.406 e. The molecule has 0 aliphatic carbocycles. The number of carboxylic acids is 1. The predicted molar refractivity (Wildman–Crippen MR) is 65.3 cm³/mol. The van der Waals surface area contributed by atoms with Gasteiger partial charge >= 0.3 is 18.2 Å². The number of rotatable bonds is 4. The minimum absolute atomic E-state index is 0.232. The number of hydrogen-bond donors (Lipinski definition) is 1. The Labute approximate surface area is 115 Å². The topological polar surface area (TPSA) is 60.9 Å². The average Bonchev–Trinajstić information content (AvgIpc) is 2.70. The fourth-order valence-electron chi connectivity index (χ4n) is 2.33. The second-order valence-corrected chi connectivity index (χ2v) is 5.21. The van der Waals surface area contributed by atoms with Crippen LogP contribution in [0.2, 0.25) is 0 Å². The molecule has 0 spiro atoms. The van der Waals surface area contributed by atoms with Crippen molar-refractivity contribution in [3.8, 4) is 0 Å². The Kier molecular flexibility index (Phi) is 5.24. The van der Waals surface area contributed by atoms with Crippen LogP contribution in [0.25, 0.3) is 0 Å². The third kappa shape index (κ3) is 4.57. The Bertz CT molecular complexity index is 371. The van der Waals surface area contributed by atoms with Gasteiger partial charge < -0.3 is 14.9 Å². The van der Waals surface area contributed by atoms with E-state index in [1.165, 1.54) is 18.7 Å². The van der Waals surface area contributed by atoms with Gasteiger partial charge in [0.1, 0.15) is 6.54 Å². The Morgan fingerprint density at radius 2 is 2.00 bits per heavy atom. The third-order valence-corrected chi connectivity index (χ3v) is 3.25. The molecule has 116 valence electrons. The molecule has 0 aromatic carbocycles. The summed E-state index contributed by atoms with van der Waals surface area (Å²) >= 11 is 0. The summed E-state index contributed by atoms with van der Waals surface area (Å²) < 4.78 is 37.5. The van der Waals surface area contributed by atoms with Crippen LogP contribution in [0.15, 0.2) is 0 Å². The highest BCUT2D eigenvalue weighted by Crippen LogP contribution is 2.25. The molecule has 0 aromatic heterocycles. The fraction of sp³-hybridized carbons (Fsp3) is 0.833. The van der Waals surface area contributed by atoms with Crippen LogP contribution in [0, 0.1) is 0 Å². The zero-order chi connectivity index (χ0) is 15.5. The second-order valence-electron chi connectivity index (χ2n) is 5.21. The number of halogens is 3. The van der Waals surface area contributed by atoms with Crippen LogP contribution in [-0.2, 0) is 4.79 Å². The van der Waals surface area contributed by atoms with E-state index in [1.807, 2.05) is 0 Å². The number of likely N-dealkylation sites (tertiary alicyclic amines) is 1. The molecule has 1 heterocycles. The molecule has 0 aromatic rings. The molecule has 1 N–H and O–H groups in total. The molecule has 0 radical (unpaired) electrons. The molecule has 20 heavy (non-hydrogen) atoms. The van der Waals surface area contributed by atoms with Crippen LogP contribution in [-0.4, -0.2) is 58.3 Å². The molecule has 1 fully saturated rings. The lowest BCUT2D eigenvalue weighted by atomic mass is 10.1. The van der Waals surface area contributed by atoms with Crippen molar-refractivity contribution in [1.82, 2.24) is 9.80 Å². The van der Waals surface area contributed by atoms with E-state index in [-0.39, 0.29) is 6.42 Å². The standard InChI is InChI=1S/C12H19F3N2O3/c1-8(2)17(7-12(13,14)15)11(20)16-5-3-4-9(16)6-10(18)19/h8-9H,3-7H2,1-2H3,(H,18,19). The summed E-state index contributed by atoms with van der Waals surface area (Å²) in [4.78, 5) is 24.9. The number of hydrogen-bond acceptors (Lipinski definition) is 2. The number of urea groups is 1. The van der Waals surface area contributed by atoms with Crippen LogP contribution in [0.3, 0.4) is 0 Å². The second kappa shape index (κ2) is 6.32. The van der Waals surface area contributed by atoms with Crippen molar-refractivity contribution >= 4 is 12.0 Å². The predicted octanol–water partition coefficient (Wildman–Crippen LogP) is 2.32. The molecule has 1 unspecified atom stereocenters. The Morgan fingerprint density at radius 3 is 2.45 bits per heavy atom. The van der Waals surface area contributed by atoms with Crippen LogP contribution in [0.4, 0.5) is 18.0 Å². The van der Waals surface area contributed by atoms with Gasteiger partial charge in [-0.05, 0) is 26.7 Å². The summed E-state index contributed by atoms with van der Waals surface area (Å²) in [5.41, 5.74) is 0. The monoisotopic (exact) mass is 296 g/mol. The maximum atomic E-state index is 12.5. The molecular formula is C12H19F3N2O3. The third-order valence-electron chi connectivity index (χ3n) is 3.25. The highest BCUT2D eigenvalue weighted by Gasteiger charge is 2.39. The fourth-order valence-corrected chi connectivity index (χ4v) is 2.33. The lowest BCUT2D eigenvalue weighted by Gasteiger charge is -2.34.